The van der Waals surface area contributed by atoms with Crippen LogP contribution < -0.4 is 10.6 Å². The highest BCUT2D eigenvalue weighted by molar-refractivity contribution is 5.89. The van der Waals surface area contributed by atoms with Crippen LogP contribution in [0.2, 0.25) is 0 Å². The van der Waals surface area contributed by atoms with E-state index in [-0.39, 0.29) is 23.8 Å². The highest BCUT2D eigenvalue weighted by atomic mass is 16.2. The molecule has 1 saturated carbocycles. The predicted molar refractivity (Wildman–Crippen MR) is 136 cm³/mol. The second-order valence-corrected chi connectivity index (χ2v) is 10.3. The number of rotatable bonds is 8. The molecule has 1 unspecified atom stereocenters. The quantitative estimate of drug-likeness (QED) is 0.615. The minimum absolute atomic E-state index is 0.0310. The highest BCUT2D eigenvalue weighted by Crippen LogP contribution is 2.28. The van der Waals surface area contributed by atoms with Crippen molar-refractivity contribution in [2.24, 2.45) is 11.8 Å². The second-order valence-electron chi connectivity index (χ2n) is 10.3. The van der Waals surface area contributed by atoms with E-state index in [1.165, 1.54) is 5.56 Å². The minimum atomic E-state index is -0.531. The molecule has 1 atom stereocenters. The zero-order valence-corrected chi connectivity index (χ0v) is 20.4. The lowest BCUT2D eigenvalue weighted by Gasteiger charge is -2.33. The summed E-state index contributed by atoms with van der Waals surface area (Å²) in [5.41, 5.74) is 2.39. The van der Waals surface area contributed by atoms with Crippen LogP contribution in [0, 0.1) is 11.8 Å². The average Bonchev–Trinajstić information content (AvgIpc) is 2.86. The molecule has 0 spiro atoms. The van der Waals surface area contributed by atoms with Crippen molar-refractivity contribution < 1.29 is 9.59 Å². The lowest BCUT2D eigenvalue weighted by atomic mass is 9.82. The van der Waals surface area contributed by atoms with Gasteiger partial charge in [-0.25, -0.2) is 0 Å². The Morgan fingerprint density at radius 2 is 1.44 bits per heavy atom. The first-order valence-corrected chi connectivity index (χ1v) is 13.0. The van der Waals surface area contributed by atoms with Gasteiger partial charge in [0.25, 0.3) is 0 Å². The molecule has 34 heavy (non-hydrogen) atoms. The van der Waals surface area contributed by atoms with Gasteiger partial charge in [-0.05, 0) is 55.6 Å². The average molecular weight is 462 g/mol. The number of hydrogen-bond acceptors (Lipinski definition) is 3. The first kappa shape index (κ1) is 24.5. The fourth-order valence-electron chi connectivity index (χ4n) is 5.25. The largest absolute Gasteiger partial charge is 0.351 e. The monoisotopic (exact) mass is 461 g/mol. The van der Waals surface area contributed by atoms with Gasteiger partial charge in [-0.15, -0.1) is 0 Å². The van der Waals surface area contributed by atoms with Crippen LogP contribution in [-0.2, 0) is 22.6 Å². The molecule has 1 heterocycles. The third-order valence-electron chi connectivity index (χ3n) is 7.49. The molecule has 2 amide bonds. The number of benzene rings is 2. The van der Waals surface area contributed by atoms with Crippen LogP contribution in [-0.4, -0.2) is 41.9 Å². The molecular weight excluding hydrogens is 422 g/mol. The maximum absolute atomic E-state index is 13.3. The summed E-state index contributed by atoms with van der Waals surface area (Å²) in [6.07, 6.45) is 6.42. The van der Waals surface area contributed by atoms with Gasteiger partial charge in [0.15, 0.2) is 0 Å². The lowest BCUT2D eigenvalue weighted by Crippen LogP contribution is -2.53. The van der Waals surface area contributed by atoms with Crippen molar-refractivity contribution in [3.05, 3.63) is 71.8 Å². The Hall–Kier alpha value is -2.66. The lowest BCUT2D eigenvalue weighted by molar-refractivity contribution is -0.132. The molecule has 2 aromatic rings. The number of likely N-dealkylation sites (tertiary alicyclic amines) is 1. The van der Waals surface area contributed by atoms with Crippen molar-refractivity contribution in [3.8, 4) is 0 Å². The number of piperidine rings is 1. The number of hydrogen-bond donors (Lipinski definition) is 2. The predicted octanol–water partition coefficient (Wildman–Crippen LogP) is 4.32. The van der Waals surface area contributed by atoms with E-state index in [9.17, 15) is 9.59 Å². The van der Waals surface area contributed by atoms with Crippen LogP contribution in [0.1, 0.15) is 56.6 Å². The summed E-state index contributed by atoms with van der Waals surface area (Å²) < 4.78 is 0. The Kier molecular flexibility index (Phi) is 8.75. The first-order valence-electron chi connectivity index (χ1n) is 13.0. The van der Waals surface area contributed by atoms with E-state index < -0.39 is 6.04 Å². The van der Waals surface area contributed by atoms with Crippen molar-refractivity contribution in [1.82, 2.24) is 15.5 Å². The molecule has 4 rings (SSSR count). The third-order valence-corrected chi connectivity index (χ3v) is 7.49. The first-order chi connectivity index (χ1) is 16.6. The van der Waals surface area contributed by atoms with Crippen LogP contribution in [0.25, 0.3) is 0 Å². The van der Waals surface area contributed by atoms with Crippen molar-refractivity contribution in [3.63, 3.8) is 0 Å². The van der Waals surface area contributed by atoms with Gasteiger partial charge in [0.2, 0.25) is 11.8 Å². The summed E-state index contributed by atoms with van der Waals surface area (Å²) in [5.74, 6) is 0.715. The zero-order chi connectivity index (χ0) is 23.8. The summed E-state index contributed by atoms with van der Waals surface area (Å²) in [5, 5.41) is 6.38. The van der Waals surface area contributed by atoms with Crippen LogP contribution in [0.5, 0.6) is 0 Å². The van der Waals surface area contributed by atoms with Gasteiger partial charge in [0, 0.05) is 38.0 Å². The molecule has 1 aliphatic carbocycles. The number of amides is 2. The molecule has 0 bridgehead atoms. The Balaban J connectivity index is 1.32. The molecule has 1 saturated heterocycles. The minimum Gasteiger partial charge on any atom is -0.351 e. The van der Waals surface area contributed by atoms with Crippen LogP contribution in [0.4, 0.5) is 0 Å². The Labute approximate surface area is 204 Å². The molecule has 5 heteroatoms. The van der Waals surface area contributed by atoms with Crippen molar-refractivity contribution in [2.45, 2.75) is 70.5 Å². The molecular formula is C29H39N3O2. The van der Waals surface area contributed by atoms with Gasteiger partial charge >= 0.3 is 0 Å². The number of carbonyl (C=O) groups is 2. The van der Waals surface area contributed by atoms with E-state index in [0.717, 1.165) is 63.7 Å². The molecule has 5 nitrogen and oxygen atoms in total. The van der Waals surface area contributed by atoms with E-state index >= 15 is 0 Å². The van der Waals surface area contributed by atoms with Gasteiger partial charge in [-0.1, -0.05) is 67.6 Å². The summed E-state index contributed by atoms with van der Waals surface area (Å²) in [6, 6.07) is 20.2. The van der Waals surface area contributed by atoms with Crippen LogP contribution >= 0.6 is 0 Å². The molecule has 2 fully saturated rings. The van der Waals surface area contributed by atoms with Gasteiger partial charge in [0.05, 0.1) is 0 Å². The molecule has 1 aliphatic heterocycles. The van der Waals surface area contributed by atoms with E-state index in [0.29, 0.717) is 12.3 Å². The smallest absolute Gasteiger partial charge is 0.243 e. The van der Waals surface area contributed by atoms with E-state index in [1.54, 1.807) is 0 Å². The van der Waals surface area contributed by atoms with Gasteiger partial charge < -0.3 is 10.6 Å². The van der Waals surface area contributed by atoms with Gasteiger partial charge in [-0.2, -0.15) is 0 Å². The molecule has 2 aromatic carbocycles. The molecule has 0 radical (unpaired) electrons. The molecule has 2 N–H and O–H groups in total. The summed E-state index contributed by atoms with van der Waals surface area (Å²) in [7, 11) is 0. The maximum Gasteiger partial charge on any atom is 0.243 e. The van der Waals surface area contributed by atoms with Crippen molar-refractivity contribution in [1.29, 1.82) is 0 Å². The van der Waals surface area contributed by atoms with E-state index in [1.807, 2.05) is 36.4 Å². The molecule has 0 aromatic heterocycles. The standard InChI is InChI=1S/C29H39N3O2/c1-22-12-14-25(15-13-22)28(33)31-27(20-23-8-4-2-5-9-23)29(34)30-26-16-18-32(19-17-26)21-24-10-6-3-7-11-24/h2-11,22,25-27H,12-21H2,1H3,(H,30,34)(H,31,33). The Bertz CT molecular complexity index is 901. The van der Waals surface area contributed by atoms with E-state index in [4.69, 9.17) is 0 Å². The van der Waals surface area contributed by atoms with E-state index in [2.05, 4.69) is 46.7 Å². The van der Waals surface area contributed by atoms with Gasteiger partial charge in [0.1, 0.15) is 6.04 Å². The fourth-order valence-corrected chi connectivity index (χ4v) is 5.25. The van der Waals surface area contributed by atoms with Crippen LogP contribution in [0.15, 0.2) is 60.7 Å². The topological polar surface area (TPSA) is 61.4 Å². The third kappa shape index (κ3) is 7.17. The summed E-state index contributed by atoms with van der Waals surface area (Å²) >= 11 is 0. The summed E-state index contributed by atoms with van der Waals surface area (Å²) in [6.45, 7) is 5.14. The molecule has 182 valence electrons. The van der Waals surface area contributed by atoms with Crippen LogP contribution in [0.3, 0.4) is 0 Å². The fraction of sp³-hybridized carbons (Fsp3) is 0.517. The second kappa shape index (κ2) is 12.2. The SMILES string of the molecule is CC1CCC(C(=O)NC(Cc2ccccc2)C(=O)NC2CCN(Cc3ccccc3)CC2)CC1. The summed E-state index contributed by atoms with van der Waals surface area (Å²) in [4.78, 5) is 28.8. The Morgan fingerprint density at radius 1 is 0.853 bits per heavy atom. The van der Waals surface area contributed by atoms with Gasteiger partial charge in [-0.3, -0.25) is 14.5 Å². The zero-order valence-electron chi connectivity index (χ0n) is 20.4. The number of carbonyl (C=O) groups excluding carboxylic acids is 2. The Morgan fingerprint density at radius 3 is 2.06 bits per heavy atom. The normalized spacial score (nSPS) is 22.6. The number of nitrogens with one attached hydrogen (secondary N) is 2. The highest BCUT2D eigenvalue weighted by Gasteiger charge is 2.30. The maximum atomic E-state index is 13.3. The molecule has 2 aliphatic rings. The van der Waals surface area contributed by atoms with Crippen molar-refractivity contribution in [2.75, 3.05) is 13.1 Å². The van der Waals surface area contributed by atoms with Crippen molar-refractivity contribution >= 4 is 11.8 Å². The number of nitrogens with zero attached hydrogens (tertiary/aromatic N) is 1.